The molecule has 1 aliphatic carbocycles. The van der Waals surface area contributed by atoms with Crippen LogP contribution in [0.15, 0.2) is 12.3 Å². The van der Waals surface area contributed by atoms with Gasteiger partial charge in [-0.3, -0.25) is 0 Å². The van der Waals surface area contributed by atoms with Gasteiger partial charge in [0.1, 0.15) is 11.7 Å². The van der Waals surface area contributed by atoms with Crippen molar-refractivity contribution in [1.29, 1.82) is 5.26 Å². The molecule has 18 heavy (non-hydrogen) atoms. The van der Waals surface area contributed by atoms with Gasteiger partial charge in [0, 0.05) is 6.20 Å². The van der Waals surface area contributed by atoms with Gasteiger partial charge in [0.15, 0.2) is 5.69 Å². The maximum Gasteiger partial charge on any atom is 0.357 e. The summed E-state index contributed by atoms with van der Waals surface area (Å²) < 4.78 is 5.33. The number of aromatic nitrogens is 1. The first-order valence-corrected chi connectivity index (χ1v) is 6.04. The zero-order chi connectivity index (χ0) is 13.3. The summed E-state index contributed by atoms with van der Waals surface area (Å²) in [5.41, 5.74) is 1.16. The van der Waals surface area contributed by atoms with Crippen LogP contribution < -0.4 is 0 Å². The second-order valence-electron chi connectivity index (χ2n) is 5.55. The lowest BCUT2D eigenvalue weighted by Gasteiger charge is -2.20. The topological polar surface area (TPSA) is 63.0 Å². The van der Waals surface area contributed by atoms with E-state index in [1.165, 1.54) is 6.20 Å². The standard InChI is InChI=1S/C14H16N2O2/c1-14(2,3)18-13(17)12-11(10-4-5-10)6-9(7-15)8-16-12/h6,8,10H,4-5H2,1-3H3. The maximum atomic E-state index is 12.0. The number of esters is 1. The summed E-state index contributed by atoms with van der Waals surface area (Å²) in [6, 6.07) is 3.80. The Morgan fingerprint density at radius 3 is 2.67 bits per heavy atom. The van der Waals surface area contributed by atoms with Gasteiger partial charge in [-0.15, -0.1) is 0 Å². The van der Waals surface area contributed by atoms with Crippen molar-refractivity contribution >= 4 is 5.97 Å². The highest BCUT2D eigenvalue weighted by molar-refractivity contribution is 5.89. The summed E-state index contributed by atoms with van der Waals surface area (Å²) in [5.74, 6) is -0.0535. The normalized spacial score (nSPS) is 15.0. The molecule has 1 aliphatic rings. The highest BCUT2D eigenvalue weighted by Crippen LogP contribution is 2.41. The molecule has 1 saturated carbocycles. The molecule has 0 atom stereocenters. The molecule has 0 amide bonds. The zero-order valence-corrected chi connectivity index (χ0v) is 10.9. The van der Waals surface area contributed by atoms with Gasteiger partial charge in [0.2, 0.25) is 0 Å². The van der Waals surface area contributed by atoms with Crippen molar-refractivity contribution in [3.63, 3.8) is 0 Å². The number of ether oxygens (including phenoxy) is 1. The molecule has 0 spiro atoms. The molecule has 0 bridgehead atoms. The van der Waals surface area contributed by atoms with E-state index in [0.717, 1.165) is 18.4 Å². The van der Waals surface area contributed by atoms with E-state index < -0.39 is 11.6 Å². The molecule has 1 aromatic rings. The minimum absolute atomic E-state index is 0.353. The number of rotatable bonds is 2. The number of carbonyl (C=O) groups excluding carboxylic acids is 1. The summed E-state index contributed by atoms with van der Waals surface area (Å²) in [5, 5.41) is 8.87. The van der Waals surface area contributed by atoms with Crippen molar-refractivity contribution in [3.8, 4) is 6.07 Å². The van der Waals surface area contributed by atoms with Crippen LogP contribution >= 0.6 is 0 Å². The monoisotopic (exact) mass is 244 g/mol. The third-order valence-electron chi connectivity index (χ3n) is 2.66. The van der Waals surface area contributed by atoms with E-state index >= 15 is 0 Å². The van der Waals surface area contributed by atoms with Gasteiger partial charge in [-0.2, -0.15) is 5.26 Å². The number of carbonyl (C=O) groups is 1. The number of hydrogen-bond acceptors (Lipinski definition) is 4. The van der Waals surface area contributed by atoms with E-state index in [1.807, 2.05) is 26.8 Å². The van der Waals surface area contributed by atoms with Gasteiger partial charge in [0.05, 0.1) is 5.56 Å². The van der Waals surface area contributed by atoms with E-state index in [4.69, 9.17) is 10.00 Å². The van der Waals surface area contributed by atoms with Crippen LogP contribution in [0.3, 0.4) is 0 Å². The predicted molar refractivity (Wildman–Crippen MR) is 66.1 cm³/mol. The fraction of sp³-hybridized carbons (Fsp3) is 0.500. The van der Waals surface area contributed by atoms with Gasteiger partial charge >= 0.3 is 5.97 Å². The molecule has 4 nitrogen and oxygen atoms in total. The lowest BCUT2D eigenvalue weighted by molar-refractivity contribution is 0.00615. The molecule has 1 heterocycles. The fourth-order valence-electron chi connectivity index (χ4n) is 1.75. The van der Waals surface area contributed by atoms with Crippen LogP contribution in [0.2, 0.25) is 0 Å². The van der Waals surface area contributed by atoms with Gasteiger partial charge in [0.25, 0.3) is 0 Å². The highest BCUT2D eigenvalue weighted by atomic mass is 16.6. The molecule has 0 aliphatic heterocycles. The SMILES string of the molecule is CC(C)(C)OC(=O)c1ncc(C#N)cc1C1CC1. The first-order valence-electron chi connectivity index (χ1n) is 6.04. The van der Waals surface area contributed by atoms with Crippen LogP contribution in [0.5, 0.6) is 0 Å². The summed E-state index contributed by atoms with van der Waals surface area (Å²) in [6.45, 7) is 5.47. The predicted octanol–water partition coefficient (Wildman–Crippen LogP) is 2.79. The summed E-state index contributed by atoms with van der Waals surface area (Å²) in [4.78, 5) is 16.1. The van der Waals surface area contributed by atoms with Gasteiger partial charge in [-0.05, 0) is 51.2 Å². The molecule has 1 aromatic heterocycles. The molecule has 1 fully saturated rings. The number of nitriles is 1. The average Bonchev–Trinajstić information content (AvgIpc) is 3.09. The minimum atomic E-state index is -0.534. The Kier molecular flexibility index (Phi) is 3.08. The molecular formula is C14H16N2O2. The van der Waals surface area contributed by atoms with Crippen LogP contribution in [0.4, 0.5) is 0 Å². The van der Waals surface area contributed by atoms with Crippen LogP contribution in [0.25, 0.3) is 0 Å². The Balaban J connectivity index is 2.32. The number of hydrogen-bond donors (Lipinski definition) is 0. The van der Waals surface area contributed by atoms with Gasteiger partial charge < -0.3 is 4.74 Å². The van der Waals surface area contributed by atoms with Crippen LogP contribution in [-0.4, -0.2) is 16.6 Å². The third kappa shape index (κ3) is 2.86. The lowest BCUT2D eigenvalue weighted by atomic mass is 10.1. The number of nitrogens with zero attached hydrogens (tertiary/aromatic N) is 2. The van der Waals surface area contributed by atoms with E-state index in [-0.39, 0.29) is 0 Å². The Morgan fingerprint density at radius 2 is 2.17 bits per heavy atom. The van der Waals surface area contributed by atoms with Crippen molar-refractivity contribution in [2.24, 2.45) is 0 Å². The molecule has 0 aromatic carbocycles. The molecule has 0 unspecified atom stereocenters. The Labute approximate surface area is 107 Å². The molecule has 94 valence electrons. The molecule has 0 radical (unpaired) electrons. The quantitative estimate of drug-likeness (QED) is 0.750. The fourth-order valence-corrected chi connectivity index (χ4v) is 1.75. The number of pyridine rings is 1. The average molecular weight is 244 g/mol. The van der Waals surface area contributed by atoms with E-state index in [9.17, 15) is 4.79 Å². The van der Waals surface area contributed by atoms with E-state index in [0.29, 0.717) is 17.2 Å². The summed E-state index contributed by atoms with van der Waals surface area (Å²) >= 11 is 0. The molecular weight excluding hydrogens is 228 g/mol. The van der Waals surface area contributed by atoms with E-state index in [1.54, 1.807) is 6.07 Å². The van der Waals surface area contributed by atoms with Crippen LogP contribution in [0.1, 0.15) is 61.1 Å². The molecule has 0 N–H and O–H groups in total. The molecule has 4 heteroatoms. The maximum absolute atomic E-state index is 12.0. The second kappa shape index (κ2) is 4.41. The van der Waals surface area contributed by atoms with Crippen molar-refractivity contribution in [1.82, 2.24) is 4.98 Å². The van der Waals surface area contributed by atoms with Crippen LogP contribution in [0, 0.1) is 11.3 Å². The lowest BCUT2D eigenvalue weighted by Crippen LogP contribution is -2.25. The molecule has 2 rings (SSSR count). The first kappa shape index (κ1) is 12.6. The summed E-state index contributed by atoms with van der Waals surface area (Å²) in [6.07, 6.45) is 3.52. The van der Waals surface area contributed by atoms with Crippen molar-refractivity contribution < 1.29 is 9.53 Å². The minimum Gasteiger partial charge on any atom is -0.455 e. The molecule has 0 saturated heterocycles. The van der Waals surface area contributed by atoms with Gasteiger partial charge in [-0.1, -0.05) is 0 Å². The first-order chi connectivity index (χ1) is 8.40. The van der Waals surface area contributed by atoms with Gasteiger partial charge in [-0.25, -0.2) is 9.78 Å². The second-order valence-corrected chi connectivity index (χ2v) is 5.55. The Bertz CT molecular complexity index is 520. The van der Waals surface area contributed by atoms with Crippen LogP contribution in [-0.2, 0) is 4.74 Å². The van der Waals surface area contributed by atoms with E-state index in [2.05, 4.69) is 4.98 Å². The van der Waals surface area contributed by atoms with Crippen molar-refractivity contribution in [3.05, 3.63) is 29.1 Å². The highest BCUT2D eigenvalue weighted by Gasteiger charge is 2.31. The smallest absolute Gasteiger partial charge is 0.357 e. The summed E-state index contributed by atoms with van der Waals surface area (Å²) in [7, 11) is 0. The Hall–Kier alpha value is -1.89. The largest absolute Gasteiger partial charge is 0.455 e. The zero-order valence-electron chi connectivity index (χ0n) is 10.9. The Morgan fingerprint density at radius 1 is 1.50 bits per heavy atom. The third-order valence-corrected chi connectivity index (χ3v) is 2.66. The van der Waals surface area contributed by atoms with Crippen molar-refractivity contribution in [2.45, 2.75) is 45.1 Å². The van der Waals surface area contributed by atoms with Crippen molar-refractivity contribution in [2.75, 3.05) is 0 Å².